The number of carbonyl (C=O) groups excluding carboxylic acids is 2. The minimum atomic E-state index is -0.713. The predicted octanol–water partition coefficient (Wildman–Crippen LogP) is 3.13. The van der Waals surface area contributed by atoms with Gasteiger partial charge in [-0.25, -0.2) is 4.98 Å². The van der Waals surface area contributed by atoms with Crippen LogP contribution in [0.3, 0.4) is 0 Å². The zero-order valence-electron chi connectivity index (χ0n) is 13.3. The highest BCUT2D eigenvalue weighted by Crippen LogP contribution is 2.21. The van der Waals surface area contributed by atoms with E-state index in [9.17, 15) is 9.59 Å². The summed E-state index contributed by atoms with van der Waals surface area (Å²) < 4.78 is 1.06. The van der Waals surface area contributed by atoms with Gasteiger partial charge in [-0.2, -0.15) is 0 Å². The van der Waals surface area contributed by atoms with Gasteiger partial charge in [-0.15, -0.1) is 11.3 Å². The SMILES string of the molecule is CC.CCCC(N)C(=O)C(=O)NCc1nc2ccccc2s1.[HH].[HH]. The summed E-state index contributed by atoms with van der Waals surface area (Å²) in [7, 11) is 0. The number of hydrogen-bond donors (Lipinski definition) is 2. The zero-order chi connectivity index (χ0) is 16.5. The molecule has 0 aliphatic rings. The predicted molar refractivity (Wildman–Crippen MR) is 94.9 cm³/mol. The summed E-state index contributed by atoms with van der Waals surface area (Å²) in [4.78, 5) is 27.7. The van der Waals surface area contributed by atoms with Crippen molar-refractivity contribution in [1.29, 1.82) is 0 Å². The molecule has 1 heterocycles. The first-order valence-electron chi connectivity index (χ1n) is 7.54. The number of nitrogens with two attached hydrogens (primary N) is 1. The number of benzene rings is 1. The van der Waals surface area contributed by atoms with Gasteiger partial charge in [0.05, 0.1) is 22.8 Å². The van der Waals surface area contributed by atoms with Crippen molar-refractivity contribution in [2.24, 2.45) is 5.73 Å². The fraction of sp³-hybridized carbons (Fsp3) is 0.438. The molecule has 0 spiro atoms. The van der Waals surface area contributed by atoms with Gasteiger partial charge in [-0.1, -0.05) is 39.3 Å². The summed E-state index contributed by atoms with van der Waals surface area (Å²) >= 11 is 1.50. The molecule has 1 aromatic carbocycles. The number of aromatic nitrogens is 1. The molecule has 3 N–H and O–H groups in total. The molecular weight excluding hydrogens is 298 g/mol. The first-order chi connectivity index (χ1) is 10.6. The van der Waals surface area contributed by atoms with E-state index in [4.69, 9.17) is 5.73 Å². The third kappa shape index (κ3) is 4.89. The molecule has 1 aromatic heterocycles. The highest BCUT2D eigenvalue weighted by atomic mass is 32.1. The topological polar surface area (TPSA) is 85.1 Å². The number of fused-ring (bicyclic) bond motifs is 1. The molecule has 124 valence electrons. The van der Waals surface area contributed by atoms with E-state index < -0.39 is 17.7 Å². The lowest BCUT2D eigenvalue weighted by molar-refractivity contribution is -0.138. The molecule has 0 saturated heterocycles. The molecule has 0 bridgehead atoms. The lowest BCUT2D eigenvalue weighted by Crippen LogP contribution is -2.42. The molecular formula is C16H27N3O2S. The first kappa shape index (κ1) is 18.3. The van der Waals surface area contributed by atoms with E-state index in [1.54, 1.807) is 0 Å². The summed E-state index contributed by atoms with van der Waals surface area (Å²) in [5.74, 6) is -1.20. The molecule has 2 aromatic rings. The number of Topliss-reactive ketones (excluding diaryl/α,β-unsaturated/α-hetero) is 1. The van der Waals surface area contributed by atoms with E-state index in [1.807, 2.05) is 45.0 Å². The van der Waals surface area contributed by atoms with Gasteiger partial charge in [-0.05, 0) is 18.6 Å². The Morgan fingerprint density at radius 2 is 2.05 bits per heavy atom. The van der Waals surface area contributed by atoms with Crippen molar-refractivity contribution in [2.75, 3.05) is 0 Å². The fourth-order valence-electron chi connectivity index (χ4n) is 1.85. The van der Waals surface area contributed by atoms with Crippen LogP contribution in [-0.4, -0.2) is 22.7 Å². The van der Waals surface area contributed by atoms with E-state index in [0.717, 1.165) is 21.6 Å². The van der Waals surface area contributed by atoms with E-state index in [2.05, 4.69) is 10.3 Å². The third-order valence-corrected chi connectivity index (χ3v) is 3.93. The van der Waals surface area contributed by atoms with Gasteiger partial charge in [0, 0.05) is 2.85 Å². The molecule has 6 heteroatoms. The fourth-order valence-corrected chi connectivity index (χ4v) is 2.76. The average Bonchev–Trinajstić information content (AvgIpc) is 2.97. The number of hydrogen-bond acceptors (Lipinski definition) is 5. The number of para-hydroxylation sites is 1. The normalized spacial score (nSPS) is 11.5. The van der Waals surface area contributed by atoms with Crippen molar-refractivity contribution < 1.29 is 12.4 Å². The molecule has 2 rings (SSSR count). The molecule has 1 atom stereocenters. The van der Waals surface area contributed by atoms with E-state index in [0.29, 0.717) is 6.42 Å². The maximum Gasteiger partial charge on any atom is 0.289 e. The van der Waals surface area contributed by atoms with Crippen molar-refractivity contribution >= 4 is 33.2 Å². The van der Waals surface area contributed by atoms with Crippen LogP contribution in [-0.2, 0) is 16.1 Å². The smallest absolute Gasteiger partial charge is 0.289 e. The second-order valence-electron chi connectivity index (χ2n) is 4.52. The van der Waals surface area contributed by atoms with Crippen molar-refractivity contribution in [2.45, 2.75) is 46.2 Å². The van der Waals surface area contributed by atoms with Crippen LogP contribution in [0.25, 0.3) is 10.2 Å². The number of nitrogens with zero attached hydrogens (tertiary/aromatic N) is 1. The van der Waals surface area contributed by atoms with Crippen LogP contribution in [0.5, 0.6) is 0 Å². The second-order valence-corrected chi connectivity index (χ2v) is 5.63. The Bertz CT molecular complexity index is 602. The number of nitrogens with one attached hydrogen (secondary N) is 1. The van der Waals surface area contributed by atoms with Gasteiger partial charge in [-0.3, -0.25) is 9.59 Å². The van der Waals surface area contributed by atoms with E-state index in [-0.39, 0.29) is 9.40 Å². The second kappa shape index (κ2) is 9.27. The Hall–Kier alpha value is -1.79. The van der Waals surface area contributed by atoms with Crippen LogP contribution < -0.4 is 11.1 Å². The quantitative estimate of drug-likeness (QED) is 0.799. The molecule has 0 aliphatic heterocycles. The largest absolute Gasteiger partial charge is 0.343 e. The van der Waals surface area contributed by atoms with Crippen LogP contribution in [0, 0.1) is 0 Å². The molecule has 22 heavy (non-hydrogen) atoms. The maximum absolute atomic E-state index is 11.7. The minimum Gasteiger partial charge on any atom is -0.343 e. The van der Waals surface area contributed by atoms with Gasteiger partial charge in [0.15, 0.2) is 0 Å². The average molecular weight is 325 g/mol. The highest BCUT2D eigenvalue weighted by Gasteiger charge is 2.20. The van der Waals surface area contributed by atoms with Gasteiger partial charge in [0.1, 0.15) is 5.01 Å². The Kier molecular flexibility index (Phi) is 7.70. The summed E-state index contributed by atoms with van der Waals surface area (Å²) in [6.45, 7) is 6.18. The first-order valence-corrected chi connectivity index (χ1v) is 8.35. The number of amides is 1. The van der Waals surface area contributed by atoms with E-state index in [1.165, 1.54) is 11.3 Å². The van der Waals surface area contributed by atoms with Gasteiger partial charge < -0.3 is 11.1 Å². The van der Waals surface area contributed by atoms with E-state index >= 15 is 0 Å². The molecule has 1 unspecified atom stereocenters. The van der Waals surface area contributed by atoms with Crippen LogP contribution in [0.15, 0.2) is 24.3 Å². The monoisotopic (exact) mass is 325 g/mol. The van der Waals surface area contributed by atoms with Crippen molar-refractivity contribution in [3.63, 3.8) is 0 Å². The summed E-state index contributed by atoms with van der Waals surface area (Å²) in [6, 6.07) is 7.03. The minimum absolute atomic E-state index is 0. The van der Waals surface area contributed by atoms with Crippen LogP contribution in [0.1, 0.15) is 41.5 Å². The lowest BCUT2D eigenvalue weighted by atomic mass is 10.1. The van der Waals surface area contributed by atoms with Crippen molar-refractivity contribution in [3.8, 4) is 0 Å². The van der Waals surface area contributed by atoms with Gasteiger partial charge in [0.2, 0.25) is 5.78 Å². The molecule has 0 fully saturated rings. The van der Waals surface area contributed by atoms with Crippen molar-refractivity contribution in [3.05, 3.63) is 29.3 Å². The Balaban J connectivity index is 0. The number of ketones is 1. The van der Waals surface area contributed by atoms with Gasteiger partial charge in [0.25, 0.3) is 5.91 Å². The van der Waals surface area contributed by atoms with Crippen LogP contribution in [0.2, 0.25) is 0 Å². The molecule has 5 nitrogen and oxygen atoms in total. The molecule has 1 amide bonds. The Labute approximate surface area is 137 Å². The van der Waals surface area contributed by atoms with Crippen LogP contribution >= 0.6 is 11.3 Å². The maximum atomic E-state index is 11.7. The number of rotatable bonds is 6. The van der Waals surface area contributed by atoms with Gasteiger partial charge >= 0.3 is 0 Å². The molecule has 0 saturated carbocycles. The Morgan fingerprint density at radius 1 is 1.36 bits per heavy atom. The highest BCUT2D eigenvalue weighted by molar-refractivity contribution is 7.18. The molecule has 0 radical (unpaired) electrons. The molecule has 0 aliphatic carbocycles. The van der Waals surface area contributed by atoms with Crippen molar-refractivity contribution in [1.82, 2.24) is 10.3 Å². The van der Waals surface area contributed by atoms with Crippen LogP contribution in [0.4, 0.5) is 0 Å². The zero-order valence-corrected chi connectivity index (χ0v) is 14.1. The third-order valence-electron chi connectivity index (χ3n) is 2.90. The summed E-state index contributed by atoms with van der Waals surface area (Å²) in [5, 5.41) is 3.35. The number of carbonyl (C=O) groups is 2. The lowest BCUT2D eigenvalue weighted by Gasteiger charge is -2.08. The summed E-state index contributed by atoms with van der Waals surface area (Å²) in [5.41, 5.74) is 6.53. The standard InChI is InChI=1S/C14H17N3O2S.C2H6.2H2/c1-2-5-9(15)13(18)14(19)16-8-12-17-10-6-3-4-7-11(10)20-12;1-2;;/h3-4,6-7,9H,2,5,8,15H2,1H3,(H,16,19);1-2H3;2*1H. The summed E-state index contributed by atoms with van der Waals surface area (Å²) in [6.07, 6.45) is 1.30. The number of thiazole rings is 1. The Morgan fingerprint density at radius 3 is 2.68 bits per heavy atom.